The van der Waals surface area contributed by atoms with Gasteiger partial charge in [0.25, 0.3) is 0 Å². The van der Waals surface area contributed by atoms with Gasteiger partial charge in [-0.25, -0.2) is 4.57 Å². The molecular weight excluding hydrogens is 535 g/mol. The summed E-state index contributed by atoms with van der Waals surface area (Å²) in [6.07, 6.45) is 2.26. The largest absolute Gasteiger partial charge is 0.220 e. The second kappa shape index (κ2) is 10.9. The van der Waals surface area contributed by atoms with E-state index in [1.165, 1.54) is 54.3 Å². The molecule has 0 fully saturated rings. The maximum atomic E-state index is 2.52. The fourth-order valence-electron chi connectivity index (χ4n) is 7.29. The molecule has 2 heteroatoms. The highest BCUT2D eigenvalue weighted by atomic mass is 28.3. The van der Waals surface area contributed by atoms with Crippen LogP contribution in [0.4, 0.5) is 0 Å². The highest BCUT2D eigenvalue weighted by Crippen LogP contribution is 2.40. The monoisotopic (exact) mass is 584 g/mol. The van der Waals surface area contributed by atoms with E-state index in [2.05, 4.69) is 184 Å². The van der Waals surface area contributed by atoms with Crippen molar-refractivity contribution in [2.75, 3.05) is 0 Å². The summed E-state index contributed by atoms with van der Waals surface area (Å²) in [6.45, 7) is 23.6. The van der Waals surface area contributed by atoms with Crippen LogP contribution in [0.3, 0.4) is 0 Å². The van der Waals surface area contributed by atoms with E-state index in [0.717, 1.165) is 0 Å². The van der Waals surface area contributed by atoms with E-state index < -0.39 is 8.07 Å². The summed E-state index contributed by atoms with van der Waals surface area (Å²) in [7, 11) is -0.239. The lowest BCUT2D eigenvalue weighted by molar-refractivity contribution is -0.659. The van der Waals surface area contributed by atoms with E-state index in [0.29, 0.717) is 0 Å². The van der Waals surface area contributed by atoms with Gasteiger partial charge >= 0.3 is 0 Å². The first-order chi connectivity index (χ1) is 20.1. The fraction of sp³-hybridized carbons (Fsp3) is 0.341. The maximum absolute atomic E-state index is 2.52. The molecule has 4 aromatic carbocycles. The van der Waals surface area contributed by atoms with Crippen LogP contribution >= 0.6 is 0 Å². The van der Waals surface area contributed by atoms with Gasteiger partial charge in [-0.15, -0.1) is 0 Å². The van der Waals surface area contributed by atoms with Crippen LogP contribution in [0.2, 0.25) is 5.04 Å². The molecule has 1 aromatic heterocycles. The minimum atomic E-state index is -2.44. The normalized spacial score (nSPS) is 13.0. The number of benzene rings is 4. The van der Waals surface area contributed by atoms with Gasteiger partial charge in [-0.2, -0.15) is 0 Å². The predicted octanol–water partition coefficient (Wildman–Crippen LogP) is 8.51. The molecule has 0 atom stereocenters. The zero-order valence-electron chi connectivity index (χ0n) is 28.3. The summed E-state index contributed by atoms with van der Waals surface area (Å²) >= 11 is 0. The topological polar surface area (TPSA) is 3.88 Å². The molecule has 0 saturated heterocycles. The molecule has 5 rings (SSSR count). The van der Waals surface area contributed by atoms with Gasteiger partial charge in [-0.3, -0.25) is 0 Å². The van der Waals surface area contributed by atoms with Gasteiger partial charge in [-0.05, 0) is 72.6 Å². The van der Waals surface area contributed by atoms with Gasteiger partial charge in [0.1, 0.15) is 7.05 Å². The van der Waals surface area contributed by atoms with Crippen LogP contribution in [-0.2, 0) is 17.9 Å². The molecular formula is C41H50NSi+. The lowest BCUT2D eigenvalue weighted by Gasteiger charge is -2.44. The van der Waals surface area contributed by atoms with Crippen molar-refractivity contribution >= 4 is 34.4 Å². The first kappa shape index (κ1) is 30.9. The van der Waals surface area contributed by atoms with Gasteiger partial charge in [0.05, 0.1) is 10.9 Å². The number of nitrogens with zero attached hydrogens (tertiary/aromatic N) is 1. The Labute approximate surface area is 261 Å². The molecule has 0 N–H and O–H groups in total. The van der Waals surface area contributed by atoms with E-state index in [-0.39, 0.29) is 15.9 Å². The third-order valence-electron chi connectivity index (χ3n) is 9.45. The Kier molecular flexibility index (Phi) is 7.84. The minimum Gasteiger partial charge on any atom is -0.200 e. The first-order valence-electron chi connectivity index (χ1n) is 15.8. The summed E-state index contributed by atoms with van der Waals surface area (Å²) in [4.78, 5) is 0. The van der Waals surface area contributed by atoms with Crippen molar-refractivity contribution in [3.05, 3.63) is 120 Å². The van der Waals surface area contributed by atoms with Crippen molar-refractivity contribution in [2.45, 2.75) is 85.1 Å². The van der Waals surface area contributed by atoms with Crippen LogP contribution in [0, 0.1) is 6.92 Å². The molecule has 0 aliphatic carbocycles. The summed E-state index contributed by atoms with van der Waals surface area (Å²) in [5.41, 5.74) is 6.93. The summed E-state index contributed by atoms with van der Waals surface area (Å²) in [6, 6.07) is 37.2. The Morgan fingerprint density at radius 2 is 1.14 bits per heavy atom. The van der Waals surface area contributed by atoms with Crippen LogP contribution in [0.5, 0.6) is 0 Å². The number of rotatable bonds is 4. The molecule has 1 heterocycles. The number of fused-ring (bicyclic) bond motifs is 1. The van der Waals surface area contributed by atoms with E-state index in [4.69, 9.17) is 0 Å². The number of hydrogen-bond donors (Lipinski definition) is 0. The Bertz CT molecular complexity index is 1720. The Balaban J connectivity index is 1.85. The number of aromatic nitrogens is 1. The molecule has 43 heavy (non-hydrogen) atoms. The van der Waals surface area contributed by atoms with Crippen LogP contribution in [0.1, 0.15) is 79.0 Å². The summed E-state index contributed by atoms with van der Waals surface area (Å²) < 4.78 is 2.33. The quantitative estimate of drug-likeness (QED) is 0.113. The lowest BCUT2D eigenvalue weighted by atomic mass is 9.76. The molecule has 0 amide bonds. The van der Waals surface area contributed by atoms with Crippen LogP contribution in [0.15, 0.2) is 103 Å². The van der Waals surface area contributed by atoms with Crippen molar-refractivity contribution < 1.29 is 4.57 Å². The Morgan fingerprint density at radius 1 is 0.581 bits per heavy atom. The summed E-state index contributed by atoms with van der Waals surface area (Å²) in [5.74, 6) is 0. The third kappa shape index (κ3) is 5.40. The van der Waals surface area contributed by atoms with E-state index in [1.54, 1.807) is 0 Å². The minimum absolute atomic E-state index is 0.0465. The molecule has 0 unspecified atom stereocenters. The molecule has 1 nitrogen and oxygen atoms in total. The van der Waals surface area contributed by atoms with Crippen molar-refractivity contribution in [1.82, 2.24) is 0 Å². The van der Waals surface area contributed by atoms with Crippen LogP contribution in [0.25, 0.3) is 22.0 Å². The predicted molar refractivity (Wildman–Crippen MR) is 190 cm³/mol. The standard InChI is InChI=1S/C41H50NSi/c1-29-36(27-31(39(2,3)4)28-37(29)40(5,6)7)38-35-23-22-34(26-30(35)24-25-42(38)11)43(41(8,9)10,32-18-14-12-15-19-32)33-20-16-13-17-21-33/h12-28H,1-11H3/q+1. The highest BCUT2D eigenvalue weighted by molar-refractivity contribution is 7.13. The van der Waals surface area contributed by atoms with Gasteiger partial charge in [0.2, 0.25) is 5.69 Å². The molecule has 222 valence electrons. The maximum Gasteiger partial charge on any atom is 0.220 e. The molecule has 0 bridgehead atoms. The average Bonchev–Trinajstić information content (AvgIpc) is 2.93. The van der Waals surface area contributed by atoms with Crippen molar-refractivity contribution in [3.63, 3.8) is 0 Å². The zero-order chi connectivity index (χ0) is 31.4. The second-order valence-electron chi connectivity index (χ2n) is 15.5. The number of hydrogen-bond acceptors (Lipinski definition) is 0. The third-order valence-corrected chi connectivity index (χ3v) is 15.3. The van der Waals surface area contributed by atoms with Crippen LogP contribution in [-0.4, -0.2) is 8.07 Å². The Morgan fingerprint density at radius 3 is 1.63 bits per heavy atom. The number of pyridine rings is 1. The van der Waals surface area contributed by atoms with E-state index in [9.17, 15) is 0 Å². The van der Waals surface area contributed by atoms with Gasteiger partial charge in [0.15, 0.2) is 14.3 Å². The van der Waals surface area contributed by atoms with Gasteiger partial charge < -0.3 is 0 Å². The highest BCUT2D eigenvalue weighted by Gasteiger charge is 2.49. The zero-order valence-corrected chi connectivity index (χ0v) is 29.3. The van der Waals surface area contributed by atoms with Crippen molar-refractivity contribution in [1.29, 1.82) is 0 Å². The molecule has 0 radical (unpaired) electrons. The molecule has 0 saturated carbocycles. The second-order valence-corrected chi connectivity index (χ2v) is 20.2. The molecule has 0 spiro atoms. The van der Waals surface area contributed by atoms with Gasteiger partial charge in [0, 0.05) is 6.07 Å². The fourth-order valence-corrected chi connectivity index (χ4v) is 13.0. The molecule has 0 aliphatic rings. The van der Waals surface area contributed by atoms with Crippen LogP contribution < -0.4 is 20.1 Å². The molecule has 0 aliphatic heterocycles. The smallest absolute Gasteiger partial charge is 0.200 e. The van der Waals surface area contributed by atoms with Crippen molar-refractivity contribution in [2.24, 2.45) is 7.05 Å². The van der Waals surface area contributed by atoms with Gasteiger partial charge in [-0.1, -0.05) is 141 Å². The average molecular weight is 585 g/mol. The van der Waals surface area contributed by atoms with Crippen molar-refractivity contribution in [3.8, 4) is 11.3 Å². The van der Waals surface area contributed by atoms with E-state index >= 15 is 0 Å². The number of aryl methyl sites for hydroxylation is 1. The van der Waals surface area contributed by atoms with E-state index in [1.807, 2.05) is 0 Å². The lowest BCUT2D eigenvalue weighted by Crippen LogP contribution is -2.72. The SMILES string of the molecule is Cc1c(-c2c3ccc([Si](c4ccccc4)(c4ccccc4)C(C)(C)C)cc3cc[n+]2C)cc(C(C)(C)C)cc1C(C)(C)C. The summed E-state index contributed by atoms with van der Waals surface area (Å²) in [5, 5.41) is 7.03. The Hall–Kier alpha value is -3.49. The molecule has 5 aromatic rings. The first-order valence-corrected chi connectivity index (χ1v) is 17.8.